The van der Waals surface area contributed by atoms with E-state index in [1.54, 1.807) is 72.8 Å². The summed E-state index contributed by atoms with van der Waals surface area (Å²) in [6, 6.07) is 23.9. The van der Waals surface area contributed by atoms with Crippen molar-refractivity contribution in [1.82, 2.24) is 4.98 Å². The summed E-state index contributed by atoms with van der Waals surface area (Å²) in [5.74, 6) is -0.0360. The number of carbonyl (C=O) groups excluding carboxylic acids is 2. The van der Waals surface area contributed by atoms with Crippen LogP contribution in [0.15, 0.2) is 91.1 Å². The molecule has 164 valence electrons. The van der Waals surface area contributed by atoms with E-state index in [1.165, 1.54) is 12.3 Å². The molecule has 0 radical (unpaired) electrons. The highest BCUT2D eigenvalue weighted by Gasteiger charge is 2.13. The van der Waals surface area contributed by atoms with Crippen molar-refractivity contribution < 1.29 is 14.3 Å². The smallest absolute Gasteiger partial charge is 0.255 e. The van der Waals surface area contributed by atoms with E-state index in [9.17, 15) is 9.59 Å². The van der Waals surface area contributed by atoms with E-state index in [2.05, 4.69) is 15.6 Å². The van der Waals surface area contributed by atoms with Crippen molar-refractivity contribution in [3.8, 4) is 11.6 Å². The molecule has 4 aromatic rings. The number of halogens is 2. The zero-order valence-electron chi connectivity index (χ0n) is 17.1. The molecule has 0 unspecified atom stereocenters. The predicted molar refractivity (Wildman–Crippen MR) is 130 cm³/mol. The van der Waals surface area contributed by atoms with E-state index in [4.69, 9.17) is 27.9 Å². The molecule has 4 rings (SSSR count). The van der Waals surface area contributed by atoms with Crippen molar-refractivity contribution in [3.63, 3.8) is 0 Å². The molecule has 3 aromatic carbocycles. The van der Waals surface area contributed by atoms with Gasteiger partial charge in [0.2, 0.25) is 5.88 Å². The molecule has 1 aromatic heterocycles. The molecule has 2 N–H and O–H groups in total. The Bertz CT molecular complexity index is 1300. The molecule has 0 saturated heterocycles. The van der Waals surface area contributed by atoms with Crippen molar-refractivity contribution >= 4 is 46.4 Å². The van der Waals surface area contributed by atoms with E-state index in [0.29, 0.717) is 33.3 Å². The minimum Gasteiger partial charge on any atom is -0.435 e. The molecule has 0 spiro atoms. The van der Waals surface area contributed by atoms with Gasteiger partial charge in [-0.05, 0) is 54.6 Å². The van der Waals surface area contributed by atoms with E-state index >= 15 is 0 Å². The molecular formula is C25H17Cl2N3O3. The number of hydrogen-bond donors (Lipinski definition) is 2. The average Bonchev–Trinajstić information content (AvgIpc) is 2.83. The third kappa shape index (κ3) is 5.68. The molecule has 0 aliphatic rings. The average molecular weight is 478 g/mol. The van der Waals surface area contributed by atoms with Crippen LogP contribution in [0.4, 0.5) is 11.4 Å². The third-order valence-electron chi connectivity index (χ3n) is 4.56. The van der Waals surface area contributed by atoms with Crippen molar-refractivity contribution in [2.75, 3.05) is 10.6 Å². The number of hydrogen-bond acceptors (Lipinski definition) is 4. The Morgan fingerprint density at radius 1 is 0.758 bits per heavy atom. The van der Waals surface area contributed by atoms with Gasteiger partial charge in [-0.15, -0.1) is 0 Å². The molecule has 8 heteroatoms. The molecule has 0 aliphatic carbocycles. The topological polar surface area (TPSA) is 80.3 Å². The Kier molecular flexibility index (Phi) is 6.88. The molecule has 6 nitrogen and oxygen atoms in total. The van der Waals surface area contributed by atoms with Gasteiger partial charge in [0.25, 0.3) is 11.8 Å². The summed E-state index contributed by atoms with van der Waals surface area (Å²) < 4.78 is 5.77. The van der Waals surface area contributed by atoms with Crippen molar-refractivity contribution in [3.05, 3.63) is 112 Å². The zero-order valence-corrected chi connectivity index (χ0v) is 18.6. The van der Waals surface area contributed by atoms with E-state index in [-0.39, 0.29) is 22.7 Å². The van der Waals surface area contributed by atoms with Gasteiger partial charge in [0.1, 0.15) is 5.02 Å². The number of anilines is 2. The van der Waals surface area contributed by atoms with E-state index in [1.807, 2.05) is 6.07 Å². The third-order valence-corrected chi connectivity index (χ3v) is 5.03. The number of amides is 2. The highest BCUT2D eigenvalue weighted by atomic mass is 35.5. The summed E-state index contributed by atoms with van der Waals surface area (Å²) >= 11 is 12.0. The lowest BCUT2D eigenvalue weighted by Crippen LogP contribution is -2.14. The molecule has 0 saturated carbocycles. The minimum atomic E-state index is -0.345. The molecule has 1 heterocycles. The SMILES string of the molecule is O=C(Nc1ccc(C(=O)Nc2ccccc2Oc2ncc(Cl)cc2Cl)cc1)c1ccccc1. The number of para-hydroxylation sites is 2. The van der Waals surface area contributed by atoms with E-state index in [0.717, 1.165) is 0 Å². The van der Waals surface area contributed by atoms with Gasteiger partial charge in [-0.2, -0.15) is 0 Å². The number of pyridine rings is 1. The van der Waals surface area contributed by atoms with Crippen LogP contribution in [0.3, 0.4) is 0 Å². The maximum atomic E-state index is 12.8. The van der Waals surface area contributed by atoms with Crippen LogP contribution in [0.25, 0.3) is 0 Å². The standard InChI is InChI=1S/C25H17Cl2N3O3/c26-18-14-20(27)25(28-15-18)33-22-9-5-4-8-21(22)30-24(32)17-10-12-19(13-11-17)29-23(31)16-6-2-1-3-7-16/h1-15H,(H,29,31)(H,30,32). The summed E-state index contributed by atoms with van der Waals surface area (Å²) in [7, 11) is 0. The van der Waals surface area contributed by atoms with Crippen molar-refractivity contribution in [1.29, 1.82) is 0 Å². The molecule has 0 bridgehead atoms. The normalized spacial score (nSPS) is 10.4. The fourth-order valence-electron chi connectivity index (χ4n) is 2.93. The highest BCUT2D eigenvalue weighted by Crippen LogP contribution is 2.33. The second kappa shape index (κ2) is 10.2. The van der Waals surface area contributed by atoms with Crippen LogP contribution in [0.1, 0.15) is 20.7 Å². The second-order valence-electron chi connectivity index (χ2n) is 6.89. The van der Waals surface area contributed by atoms with Crippen LogP contribution in [0, 0.1) is 0 Å². The lowest BCUT2D eigenvalue weighted by molar-refractivity contribution is 0.101. The summed E-state index contributed by atoms with van der Waals surface area (Å²) in [6.07, 6.45) is 1.42. The fraction of sp³-hybridized carbons (Fsp3) is 0. The number of benzene rings is 3. The van der Waals surface area contributed by atoms with Gasteiger partial charge in [0.15, 0.2) is 5.75 Å². The van der Waals surface area contributed by atoms with Crippen LogP contribution in [-0.2, 0) is 0 Å². The Hall–Kier alpha value is -3.87. The Balaban J connectivity index is 1.45. The molecule has 0 aliphatic heterocycles. The summed E-state index contributed by atoms with van der Waals surface area (Å²) in [5, 5.41) is 6.25. The van der Waals surface area contributed by atoms with E-state index < -0.39 is 0 Å². The fourth-order valence-corrected chi connectivity index (χ4v) is 3.35. The van der Waals surface area contributed by atoms with Gasteiger partial charge in [-0.3, -0.25) is 9.59 Å². The van der Waals surface area contributed by atoms with Gasteiger partial charge in [0, 0.05) is 23.0 Å². The van der Waals surface area contributed by atoms with Gasteiger partial charge in [-0.1, -0.05) is 53.5 Å². The maximum absolute atomic E-state index is 12.8. The highest BCUT2D eigenvalue weighted by molar-refractivity contribution is 6.35. The minimum absolute atomic E-state index is 0.168. The summed E-state index contributed by atoms with van der Waals surface area (Å²) in [5.41, 5.74) is 1.97. The van der Waals surface area contributed by atoms with Gasteiger partial charge in [-0.25, -0.2) is 4.98 Å². The molecule has 2 amide bonds. The first kappa shape index (κ1) is 22.3. The lowest BCUT2D eigenvalue weighted by atomic mass is 10.1. The van der Waals surface area contributed by atoms with Crippen molar-refractivity contribution in [2.45, 2.75) is 0 Å². The number of ether oxygens (including phenoxy) is 1. The lowest BCUT2D eigenvalue weighted by Gasteiger charge is -2.13. The molecule has 33 heavy (non-hydrogen) atoms. The molecule has 0 fully saturated rings. The molecular weight excluding hydrogens is 461 g/mol. The van der Waals surface area contributed by atoms with Gasteiger partial charge >= 0.3 is 0 Å². The zero-order chi connectivity index (χ0) is 23.2. The Morgan fingerprint density at radius 2 is 1.39 bits per heavy atom. The largest absolute Gasteiger partial charge is 0.435 e. The summed E-state index contributed by atoms with van der Waals surface area (Å²) in [4.78, 5) is 29.1. The Labute approximate surface area is 200 Å². The van der Waals surface area contributed by atoms with Crippen LogP contribution in [0.5, 0.6) is 11.6 Å². The quantitative estimate of drug-likeness (QED) is 0.324. The second-order valence-corrected chi connectivity index (χ2v) is 7.73. The molecule has 0 atom stereocenters. The Morgan fingerprint density at radius 3 is 2.12 bits per heavy atom. The number of nitrogens with one attached hydrogen (secondary N) is 2. The van der Waals surface area contributed by atoms with Crippen LogP contribution in [-0.4, -0.2) is 16.8 Å². The first-order valence-electron chi connectivity index (χ1n) is 9.85. The van der Waals surface area contributed by atoms with Crippen LogP contribution in [0.2, 0.25) is 10.0 Å². The van der Waals surface area contributed by atoms with Crippen LogP contribution < -0.4 is 15.4 Å². The number of nitrogens with zero attached hydrogens (tertiary/aromatic N) is 1. The predicted octanol–water partition coefficient (Wildman–Crippen LogP) is 6.69. The van der Waals surface area contributed by atoms with Crippen molar-refractivity contribution in [2.24, 2.45) is 0 Å². The van der Waals surface area contributed by atoms with Gasteiger partial charge < -0.3 is 15.4 Å². The number of rotatable bonds is 6. The monoisotopic (exact) mass is 477 g/mol. The van der Waals surface area contributed by atoms with Crippen LogP contribution >= 0.6 is 23.2 Å². The van der Waals surface area contributed by atoms with Gasteiger partial charge in [0.05, 0.1) is 10.7 Å². The first-order chi connectivity index (χ1) is 16.0. The first-order valence-corrected chi connectivity index (χ1v) is 10.6. The summed E-state index contributed by atoms with van der Waals surface area (Å²) in [6.45, 7) is 0. The number of carbonyl (C=O) groups is 2. The number of aromatic nitrogens is 1. The maximum Gasteiger partial charge on any atom is 0.255 e.